The van der Waals surface area contributed by atoms with Crippen molar-refractivity contribution in [3.8, 4) is 5.75 Å². The van der Waals surface area contributed by atoms with Gasteiger partial charge in [0.2, 0.25) is 5.95 Å². The first kappa shape index (κ1) is 18.0. The quantitative estimate of drug-likeness (QED) is 0.688. The molecule has 0 aliphatic rings. The standard InChI is InChI=1S/C18H27N5O/c1-14(2)24-16-8-6-15(7-9-16)21-17-10-12-20-18(22-17)19-11-5-13-23(3)4/h6-10,12,14H,5,11,13H2,1-4H3,(H2,19,20,21,22). The number of hydrogen-bond donors (Lipinski definition) is 2. The highest BCUT2D eigenvalue weighted by atomic mass is 16.5. The number of aromatic nitrogens is 2. The van der Waals surface area contributed by atoms with E-state index < -0.39 is 0 Å². The molecule has 0 aliphatic carbocycles. The highest BCUT2D eigenvalue weighted by Crippen LogP contribution is 2.20. The van der Waals surface area contributed by atoms with E-state index in [4.69, 9.17) is 4.74 Å². The Hall–Kier alpha value is -2.34. The minimum absolute atomic E-state index is 0.173. The molecule has 0 saturated carbocycles. The summed E-state index contributed by atoms with van der Waals surface area (Å²) in [5, 5.41) is 6.53. The van der Waals surface area contributed by atoms with E-state index in [1.54, 1.807) is 6.20 Å². The lowest BCUT2D eigenvalue weighted by Crippen LogP contribution is -2.17. The van der Waals surface area contributed by atoms with Crippen LogP contribution in [0.3, 0.4) is 0 Å². The largest absolute Gasteiger partial charge is 0.491 e. The molecule has 130 valence electrons. The van der Waals surface area contributed by atoms with Crippen molar-refractivity contribution in [3.05, 3.63) is 36.5 Å². The van der Waals surface area contributed by atoms with Crippen LogP contribution in [0.4, 0.5) is 17.5 Å². The SMILES string of the molecule is CC(C)Oc1ccc(Nc2ccnc(NCCCN(C)C)n2)cc1. The van der Waals surface area contributed by atoms with Crippen LogP contribution in [0.1, 0.15) is 20.3 Å². The average molecular weight is 329 g/mol. The molecule has 0 atom stereocenters. The van der Waals surface area contributed by atoms with E-state index in [1.807, 2.05) is 44.2 Å². The number of nitrogens with zero attached hydrogens (tertiary/aromatic N) is 3. The van der Waals surface area contributed by atoms with Crippen LogP contribution in [0.5, 0.6) is 5.75 Å². The highest BCUT2D eigenvalue weighted by molar-refractivity contribution is 5.57. The first-order valence-electron chi connectivity index (χ1n) is 8.28. The van der Waals surface area contributed by atoms with Crippen LogP contribution >= 0.6 is 0 Å². The van der Waals surface area contributed by atoms with Crippen LogP contribution in [-0.4, -0.2) is 48.2 Å². The Morgan fingerprint density at radius 2 is 1.88 bits per heavy atom. The van der Waals surface area contributed by atoms with Crippen molar-refractivity contribution in [2.24, 2.45) is 0 Å². The minimum atomic E-state index is 0.173. The van der Waals surface area contributed by atoms with Gasteiger partial charge in [-0.25, -0.2) is 4.98 Å². The Morgan fingerprint density at radius 3 is 2.54 bits per heavy atom. The molecule has 1 heterocycles. The second kappa shape index (κ2) is 9.08. The Labute approximate surface area is 144 Å². The summed E-state index contributed by atoms with van der Waals surface area (Å²) in [7, 11) is 4.14. The molecular formula is C18H27N5O. The molecule has 1 aromatic heterocycles. The van der Waals surface area contributed by atoms with E-state index >= 15 is 0 Å². The maximum Gasteiger partial charge on any atom is 0.224 e. The first-order chi connectivity index (χ1) is 11.5. The summed E-state index contributed by atoms with van der Waals surface area (Å²) in [5.41, 5.74) is 0.961. The molecule has 2 rings (SSSR count). The fourth-order valence-electron chi connectivity index (χ4n) is 2.15. The topological polar surface area (TPSA) is 62.3 Å². The van der Waals surface area contributed by atoms with E-state index in [1.165, 1.54) is 0 Å². The minimum Gasteiger partial charge on any atom is -0.491 e. The van der Waals surface area contributed by atoms with Crippen molar-refractivity contribution in [2.45, 2.75) is 26.4 Å². The predicted molar refractivity (Wildman–Crippen MR) is 99.2 cm³/mol. The van der Waals surface area contributed by atoms with E-state index in [2.05, 4.69) is 39.6 Å². The summed E-state index contributed by atoms with van der Waals surface area (Å²) in [6, 6.07) is 9.70. The van der Waals surface area contributed by atoms with Crippen LogP contribution in [0.2, 0.25) is 0 Å². The summed E-state index contributed by atoms with van der Waals surface area (Å²) in [5.74, 6) is 2.26. The Morgan fingerprint density at radius 1 is 1.12 bits per heavy atom. The van der Waals surface area contributed by atoms with Gasteiger partial charge in [0, 0.05) is 18.4 Å². The van der Waals surface area contributed by atoms with Gasteiger partial charge >= 0.3 is 0 Å². The molecule has 2 aromatic rings. The van der Waals surface area contributed by atoms with Gasteiger partial charge in [-0.1, -0.05) is 0 Å². The van der Waals surface area contributed by atoms with Crippen molar-refractivity contribution < 1.29 is 4.74 Å². The summed E-state index contributed by atoms with van der Waals surface area (Å²) in [6.45, 7) is 5.92. The summed E-state index contributed by atoms with van der Waals surface area (Å²) < 4.78 is 5.64. The highest BCUT2D eigenvalue weighted by Gasteiger charge is 2.02. The number of anilines is 3. The summed E-state index contributed by atoms with van der Waals surface area (Å²) in [6.07, 6.45) is 2.97. The molecule has 2 N–H and O–H groups in total. The molecule has 0 aliphatic heterocycles. The summed E-state index contributed by atoms with van der Waals surface area (Å²) in [4.78, 5) is 10.9. The summed E-state index contributed by atoms with van der Waals surface area (Å²) >= 11 is 0. The van der Waals surface area contributed by atoms with Crippen molar-refractivity contribution in [3.63, 3.8) is 0 Å². The zero-order valence-electron chi connectivity index (χ0n) is 14.9. The van der Waals surface area contributed by atoms with Gasteiger partial charge < -0.3 is 20.3 Å². The zero-order chi connectivity index (χ0) is 17.4. The van der Waals surface area contributed by atoms with Gasteiger partial charge in [0.1, 0.15) is 11.6 Å². The van der Waals surface area contributed by atoms with Gasteiger partial charge in [-0.2, -0.15) is 4.98 Å². The van der Waals surface area contributed by atoms with Crippen LogP contribution < -0.4 is 15.4 Å². The molecule has 6 nitrogen and oxygen atoms in total. The Balaban J connectivity index is 1.89. The van der Waals surface area contributed by atoms with Gasteiger partial charge in [-0.3, -0.25) is 0 Å². The van der Waals surface area contributed by atoms with Gasteiger partial charge in [-0.05, 0) is 71.2 Å². The molecule has 6 heteroatoms. The van der Waals surface area contributed by atoms with Gasteiger partial charge in [0.25, 0.3) is 0 Å². The second-order valence-electron chi connectivity index (χ2n) is 6.17. The first-order valence-corrected chi connectivity index (χ1v) is 8.28. The zero-order valence-corrected chi connectivity index (χ0v) is 14.9. The third kappa shape index (κ3) is 6.42. The number of benzene rings is 1. The maximum atomic E-state index is 5.64. The number of rotatable bonds is 9. The molecule has 0 bridgehead atoms. The molecule has 0 unspecified atom stereocenters. The number of nitrogens with one attached hydrogen (secondary N) is 2. The average Bonchev–Trinajstić information content (AvgIpc) is 2.53. The molecule has 0 saturated heterocycles. The van der Waals surface area contributed by atoms with Crippen LogP contribution in [0.25, 0.3) is 0 Å². The van der Waals surface area contributed by atoms with Crippen molar-refractivity contribution in [1.29, 1.82) is 0 Å². The third-order valence-corrected chi connectivity index (χ3v) is 3.22. The third-order valence-electron chi connectivity index (χ3n) is 3.22. The van der Waals surface area contributed by atoms with Crippen molar-refractivity contribution in [2.75, 3.05) is 37.8 Å². The van der Waals surface area contributed by atoms with Crippen LogP contribution in [0.15, 0.2) is 36.5 Å². The molecule has 0 amide bonds. The fraction of sp³-hybridized carbons (Fsp3) is 0.444. The smallest absolute Gasteiger partial charge is 0.224 e. The van der Waals surface area contributed by atoms with Crippen LogP contribution in [-0.2, 0) is 0 Å². The lowest BCUT2D eigenvalue weighted by Gasteiger charge is -2.12. The normalized spacial score (nSPS) is 10.9. The van der Waals surface area contributed by atoms with Crippen LogP contribution in [0, 0.1) is 0 Å². The maximum absolute atomic E-state index is 5.64. The second-order valence-corrected chi connectivity index (χ2v) is 6.17. The fourth-order valence-corrected chi connectivity index (χ4v) is 2.15. The molecule has 24 heavy (non-hydrogen) atoms. The molecule has 1 aromatic carbocycles. The van der Waals surface area contributed by atoms with E-state index in [-0.39, 0.29) is 6.10 Å². The molecule has 0 radical (unpaired) electrons. The van der Waals surface area contributed by atoms with E-state index in [9.17, 15) is 0 Å². The predicted octanol–water partition coefficient (Wildman–Crippen LogP) is 3.37. The lowest BCUT2D eigenvalue weighted by molar-refractivity contribution is 0.242. The van der Waals surface area contributed by atoms with E-state index in [0.717, 1.165) is 36.8 Å². The Kier molecular flexibility index (Phi) is 6.81. The van der Waals surface area contributed by atoms with Gasteiger partial charge in [-0.15, -0.1) is 0 Å². The number of hydrogen-bond acceptors (Lipinski definition) is 6. The number of ether oxygens (including phenoxy) is 1. The van der Waals surface area contributed by atoms with Gasteiger partial charge in [0.15, 0.2) is 0 Å². The monoisotopic (exact) mass is 329 g/mol. The Bertz CT molecular complexity index is 613. The molecular weight excluding hydrogens is 302 g/mol. The van der Waals surface area contributed by atoms with E-state index in [0.29, 0.717) is 5.95 Å². The van der Waals surface area contributed by atoms with Crippen molar-refractivity contribution >= 4 is 17.5 Å². The molecule has 0 fully saturated rings. The molecule has 0 spiro atoms. The lowest BCUT2D eigenvalue weighted by atomic mass is 10.3. The van der Waals surface area contributed by atoms with Gasteiger partial charge in [0.05, 0.1) is 6.10 Å². The van der Waals surface area contributed by atoms with Crippen molar-refractivity contribution in [1.82, 2.24) is 14.9 Å².